The number of aliphatic carboxylic acids is 1. The third-order valence-electron chi connectivity index (χ3n) is 2.99. The van der Waals surface area contributed by atoms with E-state index in [-0.39, 0.29) is 19.0 Å². The van der Waals surface area contributed by atoms with Crippen molar-refractivity contribution in [1.29, 1.82) is 0 Å². The summed E-state index contributed by atoms with van der Waals surface area (Å²) in [5.41, 5.74) is 1.01. The highest BCUT2D eigenvalue weighted by Gasteiger charge is 2.14. The molecule has 1 rings (SSSR count). The van der Waals surface area contributed by atoms with Crippen LogP contribution >= 0.6 is 0 Å². The zero-order valence-electron chi connectivity index (χ0n) is 12.7. The molecule has 0 saturated heterocycles. The molecule has 0 aromatic heterocycles. The van der Waals surface area contributed by atoms with Gasteiger partial charge in [-0.2, -0.15) is 0 Å². The first-order valence-corrected chi connectivity index (χ1v) is 6.95. The van der Waals surface area contributed by atoms with Crippen molar-refractivity contribution in [3.63, 3.8) is 0 Å². The first-order chi connectivity index (χ1) is 10.4. The molecule has 22 heavy (non-hydrogen) atoms. The maximum atomic E-state index is 11.8. The topological polar surface area (TPSA) is 98.7 Å². The maximum absolute atomic E-state index is 11.8. The number of hydrogen-bond acceptors (Lipinski definition) is 3. The van der Waals surface area contributed by atoms with Gasteiger partial charge in [-0.3, -0.25) is 9.59 Å². The van der Waals surface area contributed by atoms with E-state index in [2.05, 4.69) is 10.6 Å². The molecule has 0 bridgehead atoms. The lowest BCUT2D eigenvalue weighted by Gasteiger charge is -2.18. The van der Waals surface area contributed by atoms with Gasteiger partial charge in [0.2, 0.25) is 5.91 Å². The van der Waals surface area contributed by atoms with Gasteiger partial charge in [-0.15, -0.1) is 0 Å². The van der Waals surface area contributed by atoms with Gasteiger partial charge in [0.1, 0.15) is 6.04 Å². The minimum atomic E-state index is -1.10. The summed E-state index contributed by atoms with van der Waals surface area (Å²) < 4.78 is 0. The molecule has 0 spiro atoms. The molecule has 3 amide bonds. The summed E-state index contributed by atoms with van der Waals surface area (Å²) in [5, 5.41) is 13.6. The zero-order valence-corrected chi connectivity index (χ0v) is 12.7. The summed E-state index contributed by atoms with van der Waals surface area (Å²) in [4.78, 5) is 35.4. The van der Waals surface area contributed by atoms with Gasteiger partial charge in [-0.25, -0.2) is 4.79 Å². The van der Waals surface area contributed by atoms with Gasteiger partial charge in [-0.1, -0.05) is 30.3 Å². The van der Waals surface area contributed by atoms with Gasteiger partial charge < -0.3 is 20.6 Å². The summed E-state index contributed by atoms with van der Waals surface area (Å²) >= 11 is 0. The van der Waals surface area contributed by atoms with Crippen LogP contribution in [0.25, 0.3) is 0 Å². The zero-order chi connectivity index (χ0) is 16.5. The number of carbonyl (C=O) groups is 3. The Morgan fingerprint density at radius 1 is 1.23 bits per heavy atom. The Kier molecular flexibility index (Phi) is 6.88. The summed E-state index contributed by atoms with van der Waals surface area (Å²) in [6.07, 6.45) is 0.0303. The average Bonchev–Trinajstić information content (AvgIpc) is 2.47. The normalized spacial score (nSPS) is 11.4. The highest BCUT2D eigenvalue weighted by atomic mass is 16.4. The third-order valence-corrected chi connectivity index (χ3v) is 2.99. The fourth-order valence-corrected chi connectivity index (χ4v) is 1.72. The minimum absolute atomic E-state index is 0.0303. The van der Waals surface area contributed by atoms with Crippen molar-refractivity contribution in [3.8, 4) is 0 Å². The summed E-state index contributed by atoms with van der Waals surface area (Å²) in [7, 11) is 1.66. The predicted molar refractivity (Wildman–Crippen MR) is 81.2 cm³/mol. The number of benzene rings is 1. The van der Waals surface area contributed by atoms with E-state index in [1.54, 1.807) is 7.05 Å². The quantitative estimate of drug-likeness (QED) is 0.694. The lowest BCUT2D eigenvalue weighted by molar-refractivity contribution is -0.141. The molecule has 0 aliphatic heterocycles. The molecule has 0 radical (unpaired) electrons. The molecule has 7 nitrogen and oxygen atoms in total. The largest absolute Gasteiger partial charge is 0.480 e. The van der Waals surface area contributed by atoms with E-state index in [0.717, 1.165) is 5.56 Å². The van der Waals surface area contributed by atoms with E-state index in [4.69, 9.17) is 5.11 Å². The monoisotopic (exact) mass is 307 g/mol. The fraction of sp³-hybridized carbons (Fsp3) is 0.400. The highest BCUT2D eigenvalue weighted by Crippen LogP contribution is 2.02. The predicted octanol–water partition coefficient (Wildman–Crippen LogP) is 0.807. The Labute approximate surface area is 129 Å². The van der Waals surface area contributed by atoms with Gasteiger partial charge in [0.15, 0.2) is 0 Å². The molecule has 1 atom stereocenters. The SMILES string of the molecule is C[C@@H](NC(=O)CCNC(=O)N(C)Cc1ccccc1)C(=O)O. The van der Waals surface area contributed by atoms with Crippen molar-refractivity contribution >= 4 is 17.9 Å². The molecule has 0 saturated carbocycles. The first kappa shape index (κ1) is 17.5. The molecule has 0 heterocycles. The first-order valence-electron chi connectivity index (χ1n) is 6.95. The van der Waals surface area contributed by atoms with Crippen LogP contribution in [0.2, 0.25) is 0 Å². The van der Waals surface area contributed by atoms with Crippen molar-refractivity contribution in [2.45, 2.75) is 25.9 Å². The minimum Gasteiger partial charge on any atom is -0.480 e. The number of amides is 3. The Morgan fingerprint density at radius 2 is 1.86 bits per heavy atom. The Hall–Kier alpha value is -2.57. The van der Waals surface area contributed by atoms with E-state index in [0.29, 0.717) is 6.54 Å². The summed E-state index contributed by atoms with van der Waals surface area (Å²) in [6.45, 7) is 2.00. The van der Waals surface area contributed by atoms with Crippen molar-refractivity contribution in [3.05, 3.63) is 35.9 Å². The average molecular weight is 307 g/mol. The second-order valence-electron chi connectivity index (χ2n) is 4.95. The van der Waals surface area contributed by atoms with E-state index in [1.807, 2.05) is 30.3 Å². The van der Waals surface area contributed by atoms with E-state index in [9.17, 15) is 14.4 Å². The molecule has 1 aromatic rings. The van der Waals surface area contributed by atoms with Crippen LogP contribution in [0.15, 0.2) is 30.3 Å². The number of carboxylic acid groups (broad SMARTS) is 1. The second kappa shape index (κ2) is 8.66. The van der Waals surface area contributed by atoms with Crippen molar-refractivity contribution in [2.75, 3.05) is 13.6 Å². The van der Waals surface area contributed by atoms with E-state index < -0.39 is 17.9 Å². The molecule has 7 heteroatoms. The molecule has 0 fully saturated rings. The lowest BCUT2D eigenvalue weighted by atomic mass is 10.2. The van der Waals surface area contributed by atoms with Gasteiger partial charge in [0.05, 0.1) is 0 Å². The molecular formula is C15H21N3O4. The van der Waals surface area contributed by atoms with Crippen LogP contribution < -0.4 is 10.6 Å². The lowest BCUT2D eigenvalue weighted by Crippen LogP contribution is -2.41. The van der Waals surface area contributed by atoms with Crippen molar-refractivity contribution < 1.29 is 19.5 Å². The van der Waals surface area contributed by atoms with Crippen LogP contribution in [0.3, 0.4) is 0 Å². The molecule has 0 aliphatic rings. The Morgan fingerprint density at radius 3 is 2.45 bits per heavy atom. The number of nitrogens with zero attached hydrogens (tertiary/aromatic N) is 1. The molecule has 0 unspecified atom stereocenters. The van der Waals surface area contributed by atoms with Crippen LogP contribution in [0.5, 0.6) is 0 Å². The van der Waals surface area contributed by atoms with Crippen molar-refractivity contribution in [2.24, 2.45) is 0 Å². The highest BCUT2D eigenvalue weighted by molar-refractivity contribution is 5.83. The third kappa shape index (κ3) is 6.25. The number of rotatable bonds is 7. The Balaban J connectivity index is 2.28. The van der Waals surface area contributed by atoms with Crippen molar-refractivity contribution in [1.82, 2.24) is 15.5 Å². The van der Waals surface area contributed by atoms with Gasteiger partial charge >= 0.3 is 12.0 Å². The molecule has 1 aromatic carbocycles. The fourth-order valence-electron chi connectivity index (χ4n) is 1.72. The molecule has 3 N–H and O–H groups in total. The standard InChI is InChI=1S/C15H21N3O4/c1-11(14(20)21)17-13(19)8-9-16-15(22)18(2)10-12-6-4-3-5-7-12/h3-7,11H,8-10H2,1-2H3,(H,16,22)(H,17,19)(H,20,21)/t11-/m1/s1. The number of urea groups is 1. The summed E-state index contributed by atoms with van der Waals surface area (Å²) in [6, 6.07) is 8.31. The van der Waals surface area contributed by atoms with Crippen LogP contribution in [0.1, 0.15) is 18.9 Å². The van der Waals surface area contributed by atoms with E-state index >= 15 is 0 Å². The van der Waals surface area contributed by atoms with Gasteiger partial charge in [-0.05, 0) is 12.5 Å². The number of nitrogens with one attached hydrogen (secondary N) is 2. The number of carbonyl (C=O) groups excluding carboxylic acids is 2. The van der Waals surface area contributed by atoms with Gasteiger partial charge in [0, 0.05) is 26.6 Å². The maximum Gasteiger partial charge on any atom is 0.325 e. The van der Waals surface area contributed by atoms with Crippen LogP contribution in [-0.2, 0) is 16.1 Å². The molecule has 0 aliphatic carbocycles. The molecule has 120 valence electrons. The van der Waals surface area contributed by atoms with Gasteiger partial charge in [0.25, 0.3) is 0 Å². The van der Waals surface area contributed by atoms with E-state index in [1.165, 1.54) is 11.8 Å². The van der Waals surface area contributed by atoms with Crippen LogP contribution in [-0.4, -0.2) is 47.5 Å². The van der Waals surface area contributed by atoms with Crippen LogP contribution in [0, 0.1) is 0 Å². The van der Waals surface area contributed by atoms with Crippen LogP contribution in [0.4, 0.5) is 4.79 Å². The summed E-state index contributed by atoms with van der Waals surface area (Å²) in [5.74, 6) is -1.51. The molecular weight excluding hydrogens is 286 g/mol. The second-order valence-corrected chi connectivity index (χ2v) is 4.95. The smallest absolute Gasteiger partial charge is 0.325 e. The Bertz CT molecular complexity index is 519. The number of carboxylic acids is 1. The number of hydrogen-bond donors (Lipinski definition) is 3.